The second kappa shape index (κ2) is 9.70. The average Bonchev–Trinajstić information content (AvgIpc) is 2.75. The maximum absolute atomic E-state index is 12.4. The number of rotatable bonds is 8. The fourth-order valence-corrected chi connectivity index (χ4v) is 2.67. The van der Waals surface area contributed by atoms with Gasteiger partial charge in [-0.15, -0.1) is 0 Å². The highest BCUT2D eigenvalue weighted by atomic mass is 19.3. The van der Waals surface area contributed by atoms with Crippen molar-refractivity contribution >= 4 is 29.4 Å². The van der Waals surface area contributed by atoms with E-state index in [9.17, 15) is 23.2 Å². The number of esters is 1. The lowest BCUT2D eigenvalue weighted by atomic mass is 10.1. The molecule has 1 aliphatic heterocycles. The number of amides is 1. The van der Waals surface area contributed by atoms with E-state index in [0.717, 1.165) is 6.08 Å². The second-order valence-electron chi connectivity index (χ2n) is 6.20. The van der Waals surface area contributed by atoms with Crippen molar-refractivity contribution in [2.45, 2.75) is 6.61 Å². The number of anilines is 1. The van der Waals surface area contributed by atoms with Crippen LogP contribution in [-0.4, -0.2) is 44.6 Å². The fraction of sp³-hybridized carbons (Fsp3) is 0.190. The molecule has 0 unspecified atom stereocenters. The maximum atomic E-state index is 12.4. The van der Waals surface area contributed by atoms with E-state index in [0.29, 0.717) is 17.0 Å². The Balaban J connectivity index is 1.57. The van der Waals surface area contributed by atoms with Gasteiger partial charge in [-0.1, -0.05) is 6.07 Å². The highest BCUT2D eigenvalue weighted by Crippen LogP contribution is 2.30. The number of halogens is 2. The lowest BCUT2D eigenvalue weighted by Crippen LogP contribution is -2.25. The fourth-order valence-electron chi connectivity index (χ4n) is 2.67. The lowest BCUT2D eigenvalue weighted by Gasteiger charge is -2.18. The van der Waals surface area contributed by atoms with E-state index < -0.39 is 25.0 Å². The van der Waals surface area contributed by atoms with E-state index in [1.165, 1.54) is 43.5 Å². The Morgan fingerprint density at radius 1 is 1.19 bits per heavy atom. The number of hydrogen-bond donors (Lipinski definition) is 1. The van der Waals surface area contributed by atoms with Gasteiger partial charge in [-0.25, -0.2) is 4.79 Å². The number of fused-ring (bicyclic) bond motifs is 1. The van der Waals surface area contributed by atoms with Crippen LogP contribution in [0.1, 0.15) is 15.9 Å². The molecule has 31 heavy (non-hydrogen) atoms. The van der Waals surface area contributed by atoms with Gasteiger partial charge in [0.25, 0.3) is 5.91 Å². The summed E-state index contributed by atoms with van der Waals surface area (Å²) in [4.78, 5) is 35.5. The molecule has 1 aliphatic rings. The van der Waals surface area contributed by atoms with E-state index in [2.05, 4.69) is 10.1 Å². The first-order valence-electron chi connectivity index (χ1n) is 8.93. The average molecular weight is 433 g/mol. The van der Waals surface area contributed by atoms with Crippen LogP contribution in [0.4, 0.5) is 14.5 Å². The largest absolute Gasteiger partial charge is 0.493 e. The van der Waals surface area contributed by atoms with Gasteiger partial charge in [0.05, 0.1) is 12.8 Å². The number of carbonyl (C=O) groups is 3. The number of benzene rings is 2. The summed E-state index contributed by atoms with van der Waals surface area (Å²) < 4.78 is 44.2. The number of Topliss-reactive ketones (excluding diaryl/α,β-unsaturated/α-hetero) is 1. The van der Waals surface area contributed by atoms with Gasteiger partial charge < -0.3 is 24.3 Å². The Bertz CT molecular complexity index is 1040. The Morgan fingerprint density at radius 3 is 2.74 bits per heavy atom. The molecule has 0 atom stereocenters. The molecular weight excluding hydrogens is 416 g/mol. The normalized spacial score (nSPS) is 12.7. The Labute approximate surface area is 175 Å². The van der Waals surface area contributed by atoms with Crippen LogP contribution in [-0.2, 0) is 14.3 Å². The topological polar surface area (TPSA) is 100 Å². The van der Waals surface area contributed by atoms with Crippen LogP contribution in [0.2, 0.25) is 0 Å². The van der Waals surface area contributed by atoms with Crippen molar-refractivity contribution in [2.75, 3.05) is 25.6 Å². The van der Waals surface area contributed by atoms with Crippen molar-refractivity contribution < 1.29 is 42.1 Å². The summed E-state index contributed by atoms with van der Waals surface area (Å²) in [6.07, 6.45) is 2.45. The molecule has 2 aromatic rings. The molecule has 0 saturated carbocycles. The zero-order valence-electron chi connectivity index (χ0n) is 16.2. The number of nitrogens with one attached hydrogen (secondary N) is 1. The van der Waals surface area contributed by atoms with Gasteiger partial charge in [-0.3, -0.25) is 9.59 Å². The first-order chi connectivity index (χ1) is 14.9. The van der Waals surface area contributed by atoms with Gasteiger partial charge in [0, 0.05) is 11.6 Å². The zero-order valence-corrected chi connectivity index (χ0v) is 16.2. The summed E-state index contributed by atoms with van der Waals surface area (Å²) >= 11 is 0. The molecule has 1 N–H and O–H groups in total. The number of carbonyl (C=O) groups excluding carboxylic acids is 3. The van der Waals surface area contributed by atoms with Crippen molar-refractivity contribution in [3.63, 3.8) is 0 Å². The van der Waals surface area contributed by atoms with Gasteiger partial charge in [0.1, 0.15) is 5.75 Å². The van der Waals surface area contributed by atoms with Crippen molar-refractivity contribution in [3.05, 3.63) is 53.6 Å². The molecule has 0 aromatic heterocycles. The van der Waals surface area contributed by atoms with E-state index in [1.54, 1.807) is 6.07 Å². The molecule has 0 spiro atoms. The van der Waals surface area contributed by atoms with Crippen LogP contribution in [0.5, 0.6) is 17.2 Å². The van der Waals surface area contributed by atoms with Gasteiger partial charge in [-0.05, 0) is 42.0 Å². The summed E-state index contributed by atoms with van der Waals surface area (Å²) in [7, 11) is 1.29. The minimum atomic E-state index is -3.00. The van der Waals surface area contributed by atoms with E-state index in [-0.39, 0.29) is 29.6 Å². The third kappa shape index (κ3) is 5.78. The molecule has 1 amide bonds. The molecular formula is C21H17F2NO7. The van der Waals surface area contributed by atoms with Crippen LogP contribution < -0.4 is 19.5 Å². The highest BCUT2D eigenvalue weighted by Gasteiger charge is 2.18. The molecule has 0 fully saturated rings. The van der Waals surface area contributed by atoms with Gasteiger partial charge in [0.15, 0.2) is 30.5 Å². The highest BCUT2D eigenvalue weighted by molar-refractivity contribution is 6.02. The van der Waals surface area contributed by atoms with Crippen molar-refractivity contribution in [3.8, 4) is 17.2 Å². The third-order valence-corrected chi connectivity index (χ3v) is 4.10. The van der Waals surface area contributed by atoms with Gasteiger partial charge in [0.2, 0.25) is 0 Å². The summed E-state index contributed by atoms with van der Waals surface area (Å²) in [5.74, 6) is -1.23. The molecule has 2 aromatic carbocycles. The SMILES string of the molecule is COc1cc(/C=C\C(=O)OCC(=O)c2ccc3c(c2)NC(=O)CO3)ccc1OC(F)F. The molecule has 8 nitrogen and oxygen atoms in total. The van der Waals surface area contributed by atoms with E-state index in [1.807, 2.05) is 0 Å². The van der Waals surface area contributed by atoms with Crippen molar-refractivity contribution in [1.29, 1.82) is 0 Å². The monoisotopic (exact) mass is 433 g/mol. The minimum absolute atomic E-state index is 0.0643. The van der Waals surface area contributed by atoms with E-state index >= 15 is 0 Å². The number of methoxy groups -OCH3 is 1. The van der Waals surface area contributed by atoms with Crippen molar-refractivity contribution in [1.82, 2.24) is 0 Å². The standard InChI is InChI=1S/C21H17F2NO7/c1-28-18-8-12(2-5-17(18)31-21(22)23)3-7-20(27)30-10-15(25)13-4-6-16-14(9-13)24-19(26)11-29-16/h2-9,21H,10-11H2,1H3,(H,24,26)/b7-3-. The summed E-state index contributed by atoms with van der Waals surface area (Å²) in [6.45, 7) is -3.61. The molecule has 0 saturated heterocycles. The Morgan fingerprint density at radius 2 is 2.00 bits per heavy atom. The number of alkyl halides is 2. The van der Waals surface area contributed by atoms with Crippen LogP contribution in [0.3, 0.4) is 0 Å². The number of ketones is 1. The molecule has 0 bridgehead atoms. The quantitative estimate of drug-likeness (QED) is 0.388. The second-order valence-corrected chi connectivity index (χ2v) is 6.20. The first-order valence-corrected chi connectivity index (χ1v) is 8.93. The van der Waals surface area contributed by atoms with Crippen LogP contribution in [0.25, 0.3) is 6.08 Å². The first kappa shape index (κ1) is 21.8. The van der Waals surface area contributed by atoms with Gasteiger partial charge >= 0.3 is 12.6 Å². The Kier molecular flexibility index (Phi) is 6.81. The summed E-state index contributed by atoms with van der Waals surface area (Å²) in [5.41, 5.74) is 1.06. The Hall–Kier alpha value is -3.95. The van der Waals surface area contributed by atoms with Crippen LogP contribution in [0.15, 0.2) is 42.5 Å². The molecule has 3 rings (SSSR count). The molecule has 162 valence electrons. The molecule has 0 radical (unpaired) electrons. The van der Waals surface area contributed by atoms with Crippen LogP contribution in [0, 0.1) is 0 Å². The number of ether oxygens (including phenoxy) is 4. The summed E-state index contributed by atoms with van der Waals surface area (Å²) in [6, 6.07) is 8.59. The molecule has 0 aliphatic carbocycles. The van der Waals surface area contributed by atoms with Gasteiger partial charge in [-0.2, -0.15) is 8.78 Å². The van der Waals surface area contributed by atoms with Crippen LogP contribution >= 0.6 is 0 Å². The predicted octanol–water partition coefficient (Wildman–Crippen LogP) is 3.07. The van der Waals surface area contributed by atoms with E-state index in [4.69, 9.17) is 14.2 Å². The maximum Gasteiger partial charge on any atom is 0.387 e. The molecule has 10 heteroatoms. The zero-order chi connectivity index (χ0) is 22.4. The minimum Gasteiger partial charge on any atom is -0.493 e. The molecule has 1 heterocycles. The predicted molar refractivity (Wildman–Crippen MR) is 105 cm³/mol. The summed E-state index contributed by atoms with van der Waals surface area (Å²) in [5, 5.41) is 2.59. The lowest BCUT2D eigenvalue weighted by molar-refractivity contribution is -0.136. The number of hydrogen-bond acceptors (Lipinski definition) is 7. The van der Waals surface area contributed by atoms with Crippen molar-refractivity contribution in [2.24, 2.45) is 0 Å². The third-order valence-electron chi connectivity index (χ3n) is 4.10. The smallest absolute Gasteiger partial charge is 0.387 e.